The van der Waals surface area contributed by atoms with Gasteiger partial charge in [0.25, 0.3) is 5.91 Å². The van der Waals surface area contributed by atoms with Crippen LogP contribution in [-0.2, 0) is 0 Å². The summed E-state index contributed by atoms with van der Waals surface area (Å²) in [7, 11) is 0. The van der Waals surface area contributed by atoms with Crippen molar-refractivity contribution in [3.8, 4) is 0 Å². The van der Waals surface area contributed by atoms with Gasteiger partial charge in [-0.1, -0.05) is 37.6 Å². The summed E-state index contributed by atoms with van der Waals surface area (Å²) in [4.78, 5) is 20.7. The number of aromatic nitrogens is 2. The first-order valence-electron chi connectivity index (χ1n) is 9.77. The summed E-state index contributed by atoms with van der Waals surface area (Å²) >= 11 is 0. The van der Waals surface area contributed by atoms with Crippen molar-refractivity contribution in [1.82, 2.24) is 15.3 Å². The van der Waals surface area contributed by atoms with Gasteiger partial charge in [0.2, 0.25) is 5.95 Å². The normalized spacial score (nSPS) is 14.0. The molecule has 2 N–H and O–H groups in total. The highest BCUT2D eigenvalue weighted by molar-refractivity contribution is 5.93. The largest absolute Gasteiger partial charge is 0.352 e. The molecule has 1 aromatic heterocycles. The predicted molar refractivity (Wildman–Crippen MR) is 109 cm³/mol. The maximum Gasteiger partial charge on any atom is 0.254 e. The zero-order valence-corrected chi connectivity index (χ0v) is 16.2. The van der Waals surface area contributed by atoms with Crippen molar-refractivity contribution < 1.29 is 4.79 Å². The molecule has 142 valence electrons. The van der Waals surface area contributed by atoms with E-state index in [9.17, 15) is 4.79 Å². The Morgan fingerprint density at radius 2 is 1.85 bits per heavy atom. The second-order valence-corrected chi connectivity index (χ2v) is 7.31. The van der Waals surface area contributed by atoms with Crippen molar-refractivity contribution in [3.63, 3.8) is 0 Å². The summed E-state index contributed by atoms with van der Waals surface area (Å²) in [6, 6.07) is 8.21. The molecule has 0 fully saturated rings. The second-order valence-electron chi connectivity index (χ2n) is 7.31. The Bertz CT molecular complexity index is 779. The van der Waals surface area contributed by atoms with E-state index in [4.69, 9.17) is 0 Å². The third-order valence-electron chi connectivity index (χ3n) is 4.86. The lowest BCUT2D eigenvalue weighted by atomic mass is 9.97. The van der Waals surface area contributed by atoms with Crippen LogP contribution in [0, 0.1) is 0 Å². The highest BCUT2D eigenvalue weighted by Gasteiger charge is 2.09. The summed E-state index contributed by atoms with van der Waals surface area (Å²) in [6.45, 7) is 5.00. The number of hydrogen-bond acceptors (Lipinski definition) is 4. The molecule has 1 heterocycles. The van der Waals surface area contributed by atoms with E-state index in [0.717, 1.165) is 18.5 Å². The molecule has 27 heavy (non-hydrogen) atoms. The average molecular weight is 364 g/mol. The number of nitrogens with one attached hydrogen (secondary N) is 2. The van der Waals surface area contributed by atoms with Gasteiger partial charge in [-0.15, -0.1) is 0 Å². The Morgan fingerprint density at radius 3 is 2.48 bits per heavy atom. The SMILES string of the molecule is CC(C)c1ccc(Nc2ncc(C(=O)NCCC3=CCCCC3)cn2)cc1. The number of nitrogens with zero attached hydrogens (tertiary/aromatic N) is 2. The Labute approximate surface area is 161 Å². The molecule has 1 aliphatic carbocycles. The van der Waals surface area contributed by atoms with Crippen molar-refractivity contribution in [1.29, 1.82) is 0 Å². The number of carbonyl (C=O) groups excluding carboxylic acids is 1. The van der Waals surface area contributed by atoms with Gasteiger partial charge in [0.05, 0.1) is 5.56 Å². The van der Waals surface area contributed by atoms with Gasteiger partial charge in [0, 0.05) is 24.6 Å². The van der Waals surface area contributed by atoms with E-state index in [1.165, 1.54) is 30.4 Å². The highest BCUT2D eigenvalue weighted by atomic mass is 16.1. The highest BCUT2D eigenvalue weighted by Crippen LogP contribution is 2.20. The fourth-order valence-electron chi connectivity index (χ4n) is 3.16. The van der Waals surface area contributed by atoms with Gasteiger partial charge in [-0.3, -0.25) is 4.79 Å². The van der Waals surface area contributed by atoms with Crippen molar-refractivity contribution >= 4 is 17.5 Å². The number of allylic oxidation sites excluding steroid dienone is 1. The molecule has 2 aromatic rings. The molecule has 0 unspecified atom stereocenters. The summed E-state index contributed by atoms with van der Waals surface area (Å²) in [5.74, 6) is 0.859. The van der Waals surface area contributed by atoms with Gasteiger partial charge in [-0.05, 0) is 55.7 Å². The van der Waals surface area contributed by atoms with Crippen molar-refractivity contribution in [2.24, 2.45) is 0 Å². The molecule has 0 radical (unpaired) electrons. The van der Waals surface area contributed by atoms with Crippen molar-refractivity contribution in [2.75, 3.05) is 11.9 Å². The summed E-state index contributed by atoms with van der Waals surface area (Å²) in [5.41, 5.74) is 4.16. The molecular formula is C22H28N4O. The lowest BCUT2D eigenvalue weighted by molar-refractivity contribution is 0.0953. The van der Waals surface area contributed by atoms with Gasteiger partial charge < -0.3 is 10.6 Å². The molecule has 3 rings (SSSR count). The molecule has 0 spiro atoms. The number of hydrogen-bond donors (Lipinski definition) is 2. The number of anilines is 2. The van der Waals surface area contributed by atoms with Crippen LogP contribution in [0.15, 0.2) is 48.3 Å². The fourth-order valence-corrected chi connectivity index (χ4v) is 3.16. The molecule has 0 saturated heterocycles. The molecule has 5 nitrogen and oxygen atoms in total. The monoisotopic (exact) mass is 364 g/mol. The van der Waals surface area contributed by atoms with Gasteiger partial charge in [-0.2, -0.15) is 0 Å². The second kappa shape index (κ2) is 9.31. The van der Waals surface area contributed by atoms with Gasteiger partial charge >= 0.3 is 0 Å². The Balaban J connectivity index is 1.50. The molecule has 1 aromatic carbocycles. The van der Waals surface area contributed by atoms with Gasteiger partial charge in [0.15, 0.2) is 0 Å². The Morgan fingerprint density at radius 1 is 1.11 bits per heavy atom. The minimum Gasteiger partial charge on any atom is -0.352 e. The van der Waals surface area contributed by atoms with E-state index in [0.29, 0.717) is 24.0 Å². The van der Waals surface area contributed by atoms with Crippen LogP contribution in [0.25, 0.3) is 0 Å². The van der Waals surface area contributed by atoms with E-state index in [1.54, 1.807) is 12.4 Å². The molecule has 5 heteroatoms. The first kappa shape index (κ1) is 19.1. The predicted octanol–water partition coefficient (Wildman–Crippen LogP) is 4.96. The van der Waals surface area contributed by atoms with Crippen LogP contribution in [0.2, 0.25) is 0 Å². The van der Waals surface area contributed by atoms with Crippen molar-refractivity contribution in [2.45, 2.75) is 51.9 Å². The Kier molecular flexibility index (Phi) is 6.58. The van der Waals surface area contributed by atoms with E-state index in [-0.39, 0.29) is 5.91 Å². The molecular weight excluding hydrogens is 336 g/mol. The molecule has 0 bridgehead atoms. The van der Waals surface area contributed by atoms with Crippen LogP contribution in [0.1, 0.15) is 67.8 Å². The maximum atomic E-state index is 12.2. The molecule has 0 atom stereocenters. The lowest BCUT2D eigenvalue weighted by Crippen LogP contribution is -2.25. The smallest absolute Gasteiger partial charge is 0.254 e. The minimum absolute atomic E-state index is 0.126. The van der Waals surface area contributed by atoms with Crippen LogP contribution in [0.4, 0.5) is 11.6 Å². The number of carbonyl (C=O) groups is 1. The standard InChI is InChI=1S/C22H28N4O/c1-16(2)18-8-10-20(11-9-18)26-22-24-14-19(15-25-22)21(27)23-13-12-17-6-4-3-5-7-17/h6,8-11,14-16H,3-5,7,12-13H2,1-2H3,(H,23,27)(H,24,25,26). The first-order chi connectivity index (χ1) is 13.1. The topological polar surface area (TPSA) is 66.9 Å². The fraction of sp³-hybridized carbons (Fsp3) is 0.409. The summed E-state index contributed by atoms with van der Waals surface area (Å²) in [5, 5.41) is 6.11. The maximum absolute atomic E-state index is 12.2. The number of amides is 1. The first-order valence-corrected chi connectivity index (χ1v) is 9.77. The molecule has 0 aliphatic heterocycles. The molecule has 1 aliphatic rings. The molecule has 0 saturated carbocycles. The zero-order chi connectivity index (χ0) is 19.1. The zero-order valence-electron chi connectivity index (χ0n) is 16.2. The van der Waals surface area contributed by atoms with E-state index >= 15 is 0 Å². The number of benzene rings is 1. The quantitative estimate of drug-likeness (QED) is 0.681. The average Bonchev–Trinajstić information content (AvgIpc) is 2.70. The van der Waals surface area contributed by atoms with Crippen LogP contribution < -0.4 is 10.6 Å². The van der Waals surface area contributed by atoms with Crippen LogP contribution in [0.3, 0.4) is 0 Å². The van der Waals surface area contributed by atoms with E-state index < -0.39 is 0 Å². The Hall–Kier alpha value is -2.69. The minimum atomic E-state index is -0.126. The summed E-state index contributed by atoms with van der Waals surface area (Å²) in [6.07, 6.45) is 11.3. The third-order valence-corrected chi connectivity index (χ3v) is 4.86. The van der Waals surface area contributed by atoms with Gasteiger partial charge in [-0.25, -0.2) is 9.97 Å². The van der Waals surface area contributed by atoms with Crippen LogP contribution >= 0.6 is 0 Å². The van der Waals surface area contributed by atoms with Crippen molar-refractivity contribution in [3.05, 3.63) is 59.4 Å². The van der Waals surface area contributed by atoms with Crippen LogP contribution in [0.5, 0.6) is 0 Å². The summed E-state index contributed by atoms with van der Waals surface area (Å²) < 4.78 is 0. The lowest BCUT2D eigenvalue weighted by Gasteiger charge is -2.13. The molecule has 1 amide bonds. The van der Waals surface area contributed by atoms with E-state index in [2.05, 4.69) is 52.7 Å². The number of rotatable bonds is 7. The van der Waals surface area contributed by atoms with Gasteiger partial charge in [0.1, 0.15) is 0 Å². The van der Waals surface area contributed by atoms with E-state index in [1.807, 2.05) is 12.1 Å². The van der Waals surface area contributed by atoms with Crippen LogP contribution in [-0.4, -0.2) is 22.4 Å². The third kappa shape index (κ3) is 5.64.